The predicted molar refractivity (Wildman–Crippen MR) is 77.9 cm³/mol. The van der Waals surface area contributed by atoms with Crippen molar-refractivity contribution in [2.24, 2.45) is 0 Å². The van der Waals surface area contributed by atoms with Gasteiger partial charge in [-0.1, -0.05) is 30.3 Å². The van der Waals surface area contributed by atoms with Crippen molar-refractivity contribution >= 4 is 11.9 Å². The average molecular weight is 291 g/mol. The minimum atomic E-state index is -0.981. The highest BCUT2D eigenvalue weighted by Gasteiger charge is 2.51. The zero-order chi connectivity index (χ0) is 15.1. The molecule has 0 bridgehead atoms. The normalized spacial score (nSPS) is 15.4. The van der Waals surface area contributed by atoms with E-state index in [0.29, 0.717) is 38.9 Å². The molecule has 21 heavy (non-hydrogen) atoms. The number of amides is 1. The molecule has 0 aliphatic heterocycles. The molecule has 0 saturated heterocycles. The van der Waals surface area contributed by atoms with E-state index in [1.807, 2.05) is 18.2 Å². The predicted octanol–water partition coefficient (Wildman–Crippen LogP) is 1.76. The van der Waals surface area contributed by atoms with Crippen molar-refractivity contribution < 1.29 is 19.4 Å². The van der Waals surface area contributed by atoms with Crippen molar-refractivity contribution in [3.05, 3.63) is 35.9 Å². The van der Waals surface area contributed by atoms with Gasteiger partial charge in [0.15, 0.2) is 0 Å². The summed E-state index contributed by atoms with van der Waals surface area (Å²) in [6.07, 6.45) is 2.83. The molecular formula is C16H21NO4. The third-order valence-electron chi connectivity index (χ3n) is 3.61. The van der Waals surface area contributed by atoms with Crippen molar-refractivity contribution in [3.63, 3.8) is 0 Å². The molecule has 1 fully saturated rings. The third-order valence-corrected chi connectivity index (χ3v) is 3.61. The van der Waals surface area contributed by atoms with Crippen LogP contribution in [0.4, 0.5) is 0 Å². The van der Waals surface area contributed by atoms with E-state index in [-0.39, 0.29) is 5.91 Å². The van der Waals surface area contributed by atoms with E-state index in [0.717, 1.165) is 6.42 Å². The Bertz CT molecular complexity index is 482. The number of carboxylic acids is 1. The Morgan fingerprint density at radius 2 is 1.90 bits per heavy atom. The van der Waals surface area contributed by atoms with Gasteiger partial charge < -0.3 is 15.2 Å². The van der Waals surface area contributed by atoms with Gasteiger partial charge in [0, 0.05) is 13.0 Å². The number of nitrogens with one attached hydrogen (secondary N) is 1. The summed E-state index contributed by atoms with van der Waals surface area (Å²) in [7, 11) is 0. The van der Waals surface area contributed by atoms with Gasteiger partial charge in [-0.25, -0.2) is 4.79 Å². The molecular weight excluding hydrogens is 270 g/mol. The van der Waals surface area contributed by atoms with E-state index in [4.69, 9.17) is 9.84 Å². The molecule has 1 saturated carbocycles. The zero-order valence-corrected chi connectivity index (χ0v) is 12.0. The van der Waals surface area contributed by atoms with Gasteiger partial charge in [-0.15, -0.1) is 0 Å². The van der Waals surface area contributed by atoms with Gasteiger partial charge >= 0.3 is 5.97 Å². The summed E-state index contributed by atoms with van der Waals surface area (Å²) in [4.78, 5) is 22.6. The molecule has 0 atom stereocenters. The van der Waals surface area contributed by atoms with E-state index in [9.17, 15) is 9.59 Å². The van der Waals surface area contributed by atoms with Crippen LogP contribution in [0.15, 0.2) is 30.3 Å². The van der Waals surface area contributed by atoms with Crippen LogP contribution in [0.2, 0.25) is 0 Å². The summed E-state index contributed by atoms with van der Waals surface area (Å²) in [5.74, 6) is -1.14. The van der Waals surface area contributed by atoms with Crippen LogP contribution in [0.5, 0.6) is 0 Å². The van der Waals surface area contributed by atoms with Gasteiger partial charge in [0.2, 0.25) is 5.91 Å². The summed E-state index contributed by atoms with van der Waals surface area (Å²) in [5, 5.41) is 11.6. The van der Waals surface area contributed by atoms with Crippen LogP contribution in [-0.4, -0.2) is 35.7 Å². The zero-order valence-electron chi connectivity index (χ0n) is 12.0. The fourth-order valence-corrected chi connectivity index (χ4v) is 2.12. The third kappa shape index (κ3) is 4.86. The Morgan fingerprint density at radius 3 is 2.52 bits per heavy atom. The molecule has 114 valence electrons. The monoisotopic (exact) mass is 291 g/mol. The smallest absolute Gasteiger partial charge is 0.329 e. The Hall–Kier alpha value is -1.88. The largest absolute Gasteiger partial charge is 0.480 e. The minimum Gasteiger partial charge on any atom is -0.480 e. The molecule has 1 aliphatic carbocycles. The highest BCUT2D eigenvalue weighted by Crippen LogP contribution is 2.35. The van der Waals surface area contributed by atoms with Crippen molar-refractivity contribution in [1.29, 1.82) is 0 Å². The lowest BCUT2D eigenvalue weighted by molar-refractivity contribution is -0.143. The first-order chi connectivity index (χ1) is 10.1. The maximum absolute atomic E-state index is 11.6. The lowest BCUT2D eigenvalue weighted by Gasteiger charge is -2.12. The number of carbonyl (C=O) groups excluding carboxylic acids is 1. The first-order valence-electron chi connectivity index (χ1n) is 7.28. The minimum absolute atomic E-state index is 0.207. The van der Waals surface area contributed by atoms with E-state index in [1.54, 1.807) is 0 Å². The van der Waals surface area contributed by atoms with Crippen LogP contribution < -0.4 is 5.32 Å². The van der Waals surface area contributed by atoms with Crippen LogP contribution >= 0.6 is 0 Å². The Kier molecular flexibility index (Phi) is 5.33. The molecule has 2 rings (SSSR count). The Balaban J connectivity index is 1.52. The molecule has 5 heteroatoms. The summed E-state index contributed by atoms with van der Waals surface area (Å²) >= 11 is 0. The number of aliphatic carboxylic acids is 1. The second kappa shape index (κ2) is 7.22. The quantitative estimate of drug-likeness (QED) is 0.680. The number of benzene rings is 1. The molecule has 0 radical (unpaired) electrons. The van der Waals surface area contributed by atoms with Crippen LogP contribution in [0.3, 0.4) is 0 Å². The molecule has 1 aromatic rings. The highest BCUT2D eigenvalue weighted by molar-refractivity contribution is 5.89. The number of hydrogen-bond donors (Lipinski definition) is 2. The van der Waals surface area contributed by atoms with Crippen LogP contribution in [0.25, 0.3) is 0 Å². The second-order valence-electron chi connectivity index (χ2n) is 5.39. The highest BCUT2D eigenvalue weighted by atomic mass is 16.5. The van der Waals surface area contributed by atoms with Crippen molar-refractivity contribution in [3.8, 4) is 0 Å². The van der Waals surface area contributed by atoms with E-state index < -0.39 is 11.5 Å². The van der Waals surface area contributed by atoms with Gasteiger partial charge in [-0.05, 0) is 31.2 Å². The molecule has 0 spiro atoms. The first kappa shape index (κ1) is 15.5. The van der Waals surface area contributed by atoms with Gasteiger partial charge in [-0.3, -0.25) is 4.79 Å². The van der Waals surface area contributed by atoms with Crippen molar-refractivity contribution in [1.82, 2.24) is 5.32 Å². The maximum Gasteiger partial charge on any atom is 0.329 e. The maximum atomic E-state index is 11.6. The van der Waals surface area contributed by atoms with Crippen molar-refractivity contribution in [2.45, 2.75) is 37.6 Å². The molecule has 0 aromatic heterocycles. The number of hydrogen-bond acceptors (Lipinski definition) is 3. The lowest BCUT2D eigenvalue weighted by Crippen LogP contribution is -2.43. The van der Waals surface area contributed by atoms with Crippen LogP contribution in [0.1, 0.15) is 31.2 Å². The molecule has 1 aromatic carbocycles. The number of rotatable bonds is 9. The van der Waals surface area contributed by atoms with Gasteiger partial charge in [0.1, 0.15) is 5.54 Å². The Morgan fingerprint density at radius 1 is 1.19 bits per heavy atom. The van der Waals surface area contributed by atoms with Gasteiger partial charge in [-0.2, -0.15) is 0 Å². The molecule has 0 unspecified atom stereocenters. The van der Waals surface area contributed by atoms with Crippen molar-refractivity contribution in [2.75, 3.05) is 13.2 Å². The van der Waals surface area contributed by atoms with Gasteiger partial charge in [0.05, 0.1) is 6.61 Å². The summed E-state index contributed by atoms with van der Waals surface area (Å²) in [5.41, 5.74) is 0.248. The molecule has 5 nitrogen and oxygen atoms in total. The van der Waals surface area contributed by atoms with Gasteiger partial charge in [0.25, 0.3) is 0 Å². The molecule has 2 N–H and O–H groups in total. The number of carboxylic acid groups (broad SMARTS) is 1. The second-order valence-corrected chi connectivity index (χ2v) is 5.39. The summed E-state index contributed by atoms with van der Waals surface area (Å²) in [6, 6.07) is 10.1. The van der Waals surface area contributed by atoms with E-state index >= 15 is 0 Å². The lowest BCUT2D eigenvalue weighted by atomic mass is 10.2. The topological polar surface area (TPSA) is 75.6 Å². The SMILES string of the molecule is O=C(CCCOCCc1ccccc1)NC1(C(=O)O)CC1. The van der Waals surface area contributed by atoms with E-state index in [2.05, 4.69) is 17.4 Å². The molecule has 0 heterocycles. The van der Waals surface area contributed by atoms with E-state index in [1.165, 1.54) is 5.56 Å². The summed E-state index contributed by atoms with van der Waals surface area (Å²) < 4.78 is 5.48. The number of carbonyl (C=O) groups is 2. The van der Waals surface area contributed by atoms with Crippen LogP contribution in [0, 0.1) is 0 Å². The fourth-order valence-electron chi connectivity index (χ4n) is 2.12. The number of ether oxygens (including phenoxy) is 1. The fraction of sp³-hybridized carbons (Fsp3) is 0.500. The molecule has 1 amide bonds. The standard InChI is InChI=1S/C16H21NO4/c18-14(17-16(9-10-16)15(19)20)7-4-11-21-12-8-13-5-2-1-3-6-13/h1-3,5-6H,4,7-12H2,(H,17,18)(H,19,20). The first-order valence-corrected chi connectivity index (χ1v) is 7.28. The molecule has 1 aliphatic rings. The average Bonchev–Trinajstić information content (AvgIpc) is 3.25. The van der Waals surface area contributed by atoms with Crippen LogP contribution in [-0.2, 0) is 20.7 Å². The summed E-state index contributed by atoms with van der Waals surface area (Å²) in [6.45, 7) is 1.14. The Labute approximate surface area is 124 Å².